The van der Waals surface area contributed by atoms with Crippen LogP contribution in [0.3, 0.4) is 0 Å². The number of nitrogens with zero attached hydrogens (tertiary/aromatic N) is 4. The number of hydrogen-bond donors (Lipinski definition) is 0. The maximum absolute atomic E-state index is 12.9. The van der Waals surface area contributed by atoms with Crippen LogP contribution < -0.4 is 0 Å². The zero-order valence-corrected chi connectivity index (χ0v) is 14.1. The number of benzene rings is 1. The van der Waals surface area contributed by atoms with Gasteiger partial charge in [0.1, 0.15) is 0 Å². The summed E-state index contributed by atoms with van der Waals surface area (Å²) in [7, 11) is 0. The fourth-order valence-corrected chi connectivity index (χ4v) is 3.08. The molecule has 9 heteroatoms. The summed E-state index contributed by atoms with van der Waals surface area (Å²) in [4.78, 5) is 13.6. The van der Waals surface area contributed by atoms with Crippen molar-refractivity contribution in [3.8, 4) is 5.69 Å². The van der Waals surface area contributed by atoms with Gasteiger partial charge in [0.2, 0.25) is 0 Å². The summed E-state index contributed by atoms with van der Waals surface area (Å²) >= 11 is 3.34. The maximum atomic E-state index is 12.9. The van der Waals surface area contributed by atoms with Gasteiger partial charge in [-0.3, -0.25) is 4.79 Å². The van der Waals surface area contributed by atoms with Crippen molar-refractivity contribution in [3.05, 3.63) is 40.6 Å². The number of rotatable bonds is 2. The first-order chi connectivity index (χ1) is 11.3. The number of carbonyl (C=O) groups is 1. The Morgan fingerprint density at radius 2 is 2.12 bits per heavy atom. The smallest absolute Gasteiger partial charge is 0.337 e. The molecular formula is C15H14BrF3N4O. The van der Waals surface area contributed by atoms with Crippen LogP contribution in [0.25, 0.3) is 5.69 Å². The Kier molecular flexibility index (Phi) is 4.62. The summed E-state index contributed by atoms with van der Waals surface area (Å²) in [5.74, 6) is -2.00. The molecule has 2 heterocycles. The fourth-order valence-electron chi connectivity index (χ4n) is 2.70. The van der Waals surface area contributed by atoms with E-state index in [0.717, 1.165) is 4.47 Å². The van der Waals surface area contributed by atoms with Crippen LogP contribution in [0.4, 0.5) is 13.2 Å². The van der Waals surface area contributed by atoms with Gasteiger partial charge in [-0.05, 0) is 31.0 Å². The number of piperidine rings is 1. The second kappa shape index (κ2) is 6.54. The van der Waals surface area contributed by atoms with E-state index in [1.807, 2.05) is 6.07 Å². The van der Waals surface area contributed by atoms with Gasteiger partial charge in [0.15, 0.2) is 5.69 Å². The van der Waals surface area contributed by atoms with Gasteiger partial charge in [0.25, 0.3) is 5.91 Å². The van der Waals surface area contributed by atoms with E-state index in [4.69, 9.17) is 0 Å². The molecule has 1 aliphatic heterocycles. The van der Waals surface area contributed by atoms with Crippen LogP contribution in [0.15, 0.2) is 34.9 Å². The van der Waals surface area contributed by atoms with Crippen LogP contribution in [0.1, 0.15) is 23.3 Å². The number of likely N-dealkylation sites (tertiary alicyclic amines) is 1. The highest BCUT2D eigenvalue weighted by atomic mass is 79.9. The number of amides is 1. The first-order valence-corrected chi connectivity index (χ1v) is 8.18. The van der Waals surface area contributed by atoms with Gasteiger partial charge in [-0.15, -0.1) is 5.10 Å². The van der Waals surface area contributed by atoms with E-state index in [1.54, 1.807) is 18.2 Å². The van der Waals surface area contributed by atoms with E-state index in [9.17, 15) is 18.0 Å². The van der Waals surface area contributed by atoms with E-state index in [-0.39, 0.29) is 18.7 Å². The van der Waals surface area contributed by atoms with Crippen molar-refractivity contribution >= 4 is 21.8 Å². The van der Waals surface area contributed by atoms with Crippen LogP contribution >= 0.6 is 15.9 Å². The minimum Gasteiger partial charge on any atom is -0.337 e. The third-order valence-corrected chi connectivity index (χ3v) is 4.45. The first kappa shape index (κ1) is 16.9. The Morgan fingerprint density at radius 1 is 1.33 bits per heavy atom. The average Bonchev–Trinajstić information content (AvgIpc) is 3.03. The second-order valence-corrected chi connectivity index (χ2v) is 6.58. The summed E-state index contributed by atoms with van der Waals surface area (Å²) in [6, 6.07) is 7.23. The van der Waals surface area contributed by atoms with Crippen LogP contribution in [-0.2, 0) is 0 Å². The summed E-state index contributed by atoms with van der Waals surface area (Å²) < 4.78 is 40.9. The highest BCUT2D eigenvalue weighted by Gasteiger charge is 2.43. The Morgan fingerprint density at radius 3 is 2.83 bits per heavy atom. The maximum Gasteiger partial charge on any atom is 0.393 e. The van der Waals surface area contributed by atoms with Crippen molar-refractivity contribution in [3.63, 3.8) is 0 Å². The molecule has 1 aliphatic rings. The number of halogens is 4. The van der Waals surface area contributed by atoms with Crippen molar-refractivity contribution in [2.24, 2.45) is 5.92 Å². The van der Waals surface area contributed by atoms with Crippen molar-refractivity contribution in [1.82, 2.24) is 19.9 Å². The highest BCUT2D eigenvalue weighted by Crippen LogP contribution is 2.33. The molecule has 0 unspecified atom stereocenters. The first-order valence-electron chi connectivity index (χ1n) is 7.39. The zero-order valence-electron chi connectivity index (χ0n) is 12.5. The standard InChI is InChI=1S/C15H14BrF3N4O/c16-11-4-1-5-12(7-11)23-9-13(20-21-23)14(24)22-6-2-3-10(8-22)15(17,18)19/h1,4-5,7,9-10H,2-3,6,8H2/t10-/m0/s1. The van der Waals surface area contributed by atoms with Gasteiger partial charge in [0.05, 0.1) is 17.8 Å². The third-order valence-electron chi connectivity index (χ3n) is 3.96. The molecule has 1 amide bonds. The van der Waals surface area contributed by atoms with Crippen molar-refractivity contribution in [2.45, 2.75) is 19.0 Å². The summed E-state index contributed by atoms with van der Waals surface area (Å²) in [6.45, 7) is -0.0266. The molecule has 0 aliphatic carbocycles. The molecule has 3 rings (SSSR count). The van der Waals surface area contributed by atoms with Gasteiger partial charge in [-0.25, -0.2) is 4.68 Å². The third kappa shape index (κ3) is 3.61. The lowest BCUT2D eigenvalue weighted by molar-refractivity contribution is -0.184. The number of carbonyl (C=O) groups excluding carboxylic acids is 1. The lowest BCUT2D eigenvalue weighted by atomic mass is 9.97. The number of hydrogen-bond acceptors (Lipinski definition) is 3. The second-order valence-electron chi connectivity index (χ2n) is 5.66. The van der Waals surface area contributed by atoms with E-state index >= 15 is 0 Å². The van der Waals surface area contributed by atoms with Gasteiger partial charge < -0.3 is 4.90 Å². The normalized spacial score (nSPS) is 18.7. The van der Waals surface area contributed by atoms with Crippen LogP contribution in [0.5, 0.6) is 0 Å². The molecule has 0 N–H and O–H groups in total. The quantitative estimate of drug-likeness (QED) is 0.772. The average molecular weight is 403 g/mol. The summed E-state index contributed by atoms with van der Waals surface area (Å²) in [6.07, 6.45) is -2.47. The molecule has 0 spiro atoms. The molecule has 5 nitrogen and oxygen atoms in total. The van der Waals surface area contributed by atoms with Crippen molar-refractivity contribution < 1.29 is 18.0 Å². The van der Waals surface area contributed by atoms with E-state index in [2.05, 4.69) is 26.2 Å². The SMILES string of the molecule is O=C(c1cn(-c2cccc(Br)c2)nn1)N1CCC[C@H](C(F)(F)F)C1. The van der Waals surface area contributed by atoms with Crippen LogP contribution in [0, 0.1) is 5.92 Å². The van der Waals surface area contributed by atoms with Gasteiger partial charge in [0, 0.05) is 17.6 Å². The summed E-state index contributed by atoms with van der Waals surface area (Å²) in [5, 5.41) is 7.70. The Labute approximate surface area is 144 Å². The predicted octanol–water partition coefficient (Wildman–Crippen LogP) is 3.44. The molecule has 0 saturated carbocycles. The zero-order chi connectivity index (χ0) is 17.3. The van der Waals surface area contributed by atoms with Crippen LogP contribution in [0.2, 0.25) is 0 Å². The van der Waals surface area contributed by atoms with Crippen LogP contribution in [-0.4, -0.2) is 45.1 Å². The lowest BCUT2D eigenvalue weighted by Gasteiger charge is -2.33. The molecule has 1 atom stereocenters. The molecule has 128 valence electrons. The summed E-state index contributed by atoms with van der Waals surface area (Å²) in [5.41, 5.74) is 0.737. The fraction of sp³-hybridized carbons (Fsp3) is 0.400. The van der Waals surface area contributed by atoms with Gasteiger partial charge in [-0.2, -0.15) is 13.2 Å². The van der Waals surface area contributed by atoms with E-state index in [0.29, 0.717) is 18.7 Å². The molecule has 24 heavy (non-hydrogen) atoms. The molecule has 1 fully saturated rings. The van der Waals surface area contributed by atoms with Crippen molar-refractivity contribution in [1.29, 1.82) is 0 Å². The van der Waals surface area contributed by atoms with E-state index < -0.39 is 18.0 Å². The van der Waals surface area contributed by atoms with Gasteiger partial charge >= 0.3 is 6.18 Å². The predicted molar refractivity (Wildman–Crippen MR) is 83.7 cm³/mol. The molecule has 1 aromatic carbocycles. The molecular weight excluding hydrogens is 389 g/mol. The minimum absolute atomic E-state index is 0.0396. The van der Waals surface area contributed by atoms with Gasteiger partial charge in [-0.1, -0.05) is 27.2 Å². The molecule has 1 saturated heterocycles. The Hall–Kier alpha value is -1.90. The van der Waals surface area contributed by atoms with E-state index in [1.165, 1.54) is 15.8 Å². The Bertz CT molecular complexity index is 746. The topological polar surface area (TPSA) is 51.0 Å². The molecule has 0 bridgehead atoms. The van der Waals surface area contributed by atoms with Crippen molar-refractivity contribution in [2.75, 3.05) is 13.1 Å². The number of aromatic nitrogens is 3. The molecule has 0 radical (unpaired) electrons. The highest BCUT2D eigenvalue weighted by molar-refractivity contribution is 9.10. The lowest BCUT2D eigenvalue weighted by Crippen LogP contribution is -2.44. The minimum atomic E-state index is -4.28. The Balaban J connectivity index is 1.76. The molecule has 2 aromatic rings. The number of alkyl halides is 3. The molecule has 1 aromatic heterocycles. The largest absolute Gasteiger partial charge is 0.393 e. The monoisotopic (exact) mass is 402 g/mol.